The molecule has 4 heteroatoms. The smallest absolute Gasteiger partial charge is 0.0795 e. The highest BCUT2D eigenvalue weighted by atomic mass is 16.5. The van der Waals surface area contributed by atoms with Crippen molar-refractivity contribution in [2.45, 2.75) is 24.4 Å². The standard InChI is InChI=1S/C16H26N2O2/c1-17-16(13-19,14-6-4-3-5-7-14)12-18(2)15-8-10-20-11-9-15/h3-7,15,17,19H,8-13H2,1-2H3. The van der Waals surface area contributed by atoms with Crippen molar-refractivity contribution in [3.8, 4) is 0 Å². The number of aliphatic hydroxyl groups is 1. The molecule has 1 atom stereocenters. The average Bonchev–Trinajstić information content (AvgIpc) is 2.54. The van der Waals surface area contributed by atoms with Crippen LogP contribution in [0.4, 0.5) is 0 Å². The van der Waals surface area contributed by atoms with E-state index in [-0.39, 0.29) is 6.61 Å². The topological polar surface area (TPSA) is 44.7 Å². The van der Waals surface area contributed by atoms with E-state index >= 15 is 0 Å². The van der Waals surface area contributed by atoms with Gasteiger partial charge in [0.15, 0.2) is 0 Å². The molecule has 1 aromatic carbocycles. The number of benzene rings is 1. The zero-order valence-electron chi connectivity index (χ0n) is 12.5. The minimum Gasteiger partial charge on any atom is -0.394 e. The van der Waals surface area contributed by atoms with E-state index < -0.39 is 5.54 Å². The Balaban J connectivity index is 2.12. The van der Waals surface area contributed by atoms with Crippen LogP contribution < -0.4 is 5.32 Å². The van der Waals surface area contributed by atoms with Gasteiger partial charge in [0.1, 0.15) is 0 Å². The van der Waals surface area contributed by atoms with Gasteiger partial charge in [0, 0.05) is 25.8 Å². The monoisotopic (exact) mass is 278 g/mol. The molecule has 1 unspecified atom stereocenters. The summed E-state index contributed by atoms with van der Waals surface area (Å²) in [4.78, 5) is 2.35. The maximum atomic E-state index is 9.96. The summed E-state index contributed by atoms with van der Waals surface area (Å²) in [5.41, 5.74) is 0.720. The molecule has 1 aromatic rings. The zero-order valence-corrected chi connectivity index (χ0v) is 12.5. The van der Waals surface area contributed by atoms with Crippen molar-refractivity contribution in [3.63, 3.8) is 0 Å². The molecule has 0 radical (unpaired) electrons. The van der Waals surface area contributed by atoms with Crippen molar-refractivity contribution >= 4 is 0 Å². The summed E-state index contributed by atoms with van der Waals surface area (Å²) in [6.45, 7) is 2.55. The second-order valence-electron chi connectivity index (χ2n) is 5.61. The van der Waals surface area contributed by atoms with Crippen LogP contribution in [0.3, 0.4) is 0 Å². The van der Waals surface area contributed by atoms with Gasteiger partial charge in [0.2, 0.25) is 0 Å². The molecule has 1 aliphatic rings. The average molecular weight is 278 g/mol. The summed E-state index contributed by atoms with van der Waals surface area (Å²) in [6.07, 6.45) is 2.13. The molecule has 0 bridgehead atoms. The molecule has 20 heavy (non-hydrogen) atoms. The molecule has 1 saturated heterocycles. The SMILES string of the molecule is CNC(CO)(CN(C)C1CCOCC1)c1ccccc1. The number of hydrogen-bond acceptors (Lipinski definition) is 4. The van der Waals surface area contributed by atoms with Gasteiger partial charge in [-0.25, -0.2) is 0 Å². The maximum absolute atomic E-state index is 9.96. The van der Waals surface area contributed by atoms with Gasteiger partial charge < -0.3 is 20.1 Å². The van der Waals surface area contributed by atoms with Gasteiger partial charge in [-0.05, 0) is 32.5 Å². The van der Waals surface area contributed by atoms with Crippen LogP contribution in [0, 0.1) is 0 Å². The van der Waals surface area contributed by atoms with Crippen molar-refractivity contribution in [2.75, 3.05) is 40.5 Å². The Hall–Kier alpha value is -0.940. The third-order valence-electron chi connectivity index (χ3n) is 4.41. The number of nitrogens with zero attached hydrogens (tertiary/aromatic N) is 1. The lowest BCUT2D eigenvalue weighted by atomic mass is 9.89. The van der Waals surface area contributed by atoms with Crippen molar-refractivity contribution in [1.82, 2.24) is 10.2 Å². The van der Waals surface area contributed by atoms with Gasteiger partial charge in [0.05, 0.1) is 12.1 Å². The van der Waals surface area contributed by atoms with Gasteiger partial charge in [-0.15, -0.1) is 0 Å². The lowest BCUT2D eigenvalue weighted by Crippen LogP contribution is -2.54. The number of rotatable bonds is 6. The number of nitrogens with one attached hydrogen (secondary N) is 1. The summed E-state index contributed by atoms with van der Waals surface area (Å²) in [7, 11) is 4.06. The van der Waals surface area contributed by atoms with Gasteiger partial charge >= 0.3 is 0 Å². The van der Waals surface area contributed by atoms with Crippen LogP contribution in [0.1, 0.15) is 18.4 Å². The molecule has 0 amide bonds. The second-order valence-corrected chi connectivity index (χ2v) is 5.61. The van der Waals surface area contributed by atoms with Crippen LogP contribution >= 0.6 is 0 Å². The fraction of sp³-hybridized carbons (Fsp3) is 0.625. The molecule has 1 aliphatic heterocycles. The van der Waals surface area contributed by atoms with Crippen LogP contribution in [-0.2, 0) is 10.3 Å². The number of aliphatic hydroxyl groups excluding tert-OH is 1. The first-order chi connectivity index (χ1) is 9.72. The maximum Gasteiger partial charge on any atom is 0.0795 e. The Morgan fingerprint density at radius 3 is 2.50 bits per heavy atom. The van der Waals surface area contributed by atoms with Gasteiger partial charge in [-0.2, -0.15) is 0 Å². The summed E-state index contributed by atoms with van der Waals surface area (Å²) in [6, 6.07) is 10.7. The molecule has 1 fully saturated rings. The van der Waals surface area contributed by atoms with Crippen molar-refractivity contribution in [1.29, 1.82) is 0 Å². The molecular weight excluding hydrogens is 252 g/mol. The fourth-order valence-corrected chi connectivity index (χ4v) is 2.97. The highest BCUT2D eigenvalue weighted by Gasteiger charge is 2.33. The van der Waals surface area contributed by atoms with E-state index in [4.69, 9.17) is 4.74 Å². The van der Waals surface area contributed by atoms with Crippen LogP contribution in [0.5, 0.6) is 0 Å². The minimum atomic E-state index is -0.408. The summed E-state index contributed by atoms with van der Waals surface area (Å²) in [5, 5.41) is 13.3. The summed E-state index contributed by atoms with van der Waals surface area (Å²) >= 11 is 0. The van der Waals surface area contributed by atoms with E-state index in [1.165, 1.54) is 0 Å². The van der Waals surface area contributed by atoms with Gasteiger partial charge in [-0.1, -0.05) is 30.3 Å². The second kappa shape index (κ2) is 7.18. The predicted molar refractivity (Wildman–Crippen MR) is 80.7 cm³/mol. The Labute approximate surface area is 121 Å². The van der Waals surface area contributed by atoms with E-state index in [2.05, 4.69) is 29.4 Å². The quantitative estimate of drug-likeness (QED) is 0.821. The van der Waals surface area contributed by atoms with Crippen LogP contribution in [0.15, 0.2) is 30.3 Å². The van der Waals surface area contributed by atoms with E-state index in [1.54, 1.807) is 0 Å². The zero-order chi connectivity index (χ0) is 14.4. The Morgan fingerprint density at radius 1 is 1.30 bits per heavy atom. The van der Waals surface area contributed by atoms with Crippen LogP contribution in [0.2, 0.25) is 0 Å². The molecule has 2 rings (SSSR count). The van der Waals surface area contributed by atoms with Gasteiger partial charge in [-0.3, -0.25) is 0 Å². The number of ether oxygens (including phenoxy) is 1. The predicted octanol–water partition coefficient (Wildman–Crippen LogP) is 1.20. The number of hydrogen-bond donors (Lipinski definition) is 2. The van der Waals surface area contributed by atoms with Gasteiger partial charge in [0.25, 0.3) is 0 Å². The van der Waals surface area contributed by atoms with Crippen LogP contribution in [0.25, 0.3) is 0 Å². The molecule has 0 spiro atoms. The van der Waals surface area contributed by atoms with E-state index in [1.807, 2.05) is 25.2 Å². The van der Waals surface area contributed by atoms with E-state index in [9.17, 15) is 5.11 Å². The Morgan fingerprint density at radius 2 is 1.95 bits per heavy atom. The van der Waals surface area contributed by atoms with Crippen LogP contribution in [-0.4, -0.2) is 56.5 Å². The number of likely N-dealkylation sites (N-methyl/N-ethyl adjacent to an activating group) is 2. The molecule has 1 heterocycles. The van der Waals surface area contributed by atoms with E-state index in [0.29, 0.717) is 6.04 Å². The first kappa shape index (κ1) is 15.4. The van der Waals surface area contributed by atoms with E-state index in [0.717, 1.165) is 38.2 Å². The molecule has 112 valence electrons. The van der Waals surface area contributed by atoms with Crippen molar-refractivity contribution in [2.24, 2.45) is 0 Å². The van der Waals surface area contributed by atoms with Crippen molar-refractivity contribution < 1.29 is 9.84 Å². The first-order valence-electron chi connectivity index (χ1n) is 7.35. The summed E-state index contributed by atoms with van der Waals surface area (Å²) < 4.78 is 5.43. The molecule has 4 nitrogen and oxygen atoms in total. The highest BCUT2D eigenvalue weighted by Crippen LogP contribution is 2.24. The molecule has 0 aliphatic carbocycles. The highest BCUT2D eigenvalue weighted by molar-refractivity contribution is 5.25. The lowest BCUT2D eigenvalue weighted by Gasteiger charge is -2.40. The third kappa shape index (κ3) is 3.38. The largest absolute Gasteiger partial charge is 0.394 e. The molecule has 0 aromatic heterocycles. The first-order valence-corrected chi connectivity index (χ1v) is 7.35. The fourth-order valence-electron chi connectivity index (χ4n) is 2.97. The molecule has 2 N–H and O–H groups in total. The normalized spacial score (nSPS) is 20.0. The Bertz CT molecular complexity index is 387. The minimum absolute atomic E-state index is 0.0844. The third-order valence-corrected chi connectivity index (χ3v) is 4.41. The molecular formula is C16H26N2O2. The lowest BCUT2D eigenvalue weighted by molar-refractivity contribution is 0.0258. The molecule has 0 saturated carbocycles. The summed E-state index contributed by atoms with van der Waals surface area (Å²) in [5.74, 6) is 0. The van der Waals surface area contributed by atoms with Crippen molar-refractivity contribution in [3.05, 3.63) is 35.9 Å². The Kier molecular flexibility index (Phi) is 5.54.